The second-order valence-electron chi connectivity index (χ2n) is 7.38. The molecule has 148 valence electrons. The summed E-state index contributed by atoms with van der Waals surface area (Å²) in [7, 11) is 0. The summed E-state index contributed by atoms with van der Waals surface area (Å²) in [6, 6.07) is 15.4. The van der Waals surface area contributed by atoms with Gasteiger partial charge < -0.3 is 10.2 Å². The third-order valence-corrected chi connectivity index (χ3v) is 5.02. The van der Waals surface area contributed by atoms with Gasteiger partial charge in [0, 0.05) is 42.8 Å². The van der Waals surface area contributed by atoms with Gasteiger partial charge in [0.15, 0.2) is 0 Å². The number of benzene rings is 2. The summed E-state index contributed by atoms with van der Waals surface area (Å²) in [5, 5.41) is 3.60. The lowest BCUT2D eigenvalue weighted by Crippen LogP contribution is -2.51. The number of amides is 2. The molecule has 5 nitrogen and oxygen atoms in total. The lowest BCUT2D eigenvalue weighted by atomic mass is 10.0. The standard InChI is InChI=1S/C22H26ClN3O2/c1-16(2)24-21(27)15-25-10-12-26(13-11-25)22(28)19-5-3-4-18(14-19)17-6-8-20(23)9-7-17/h3-9,14,16H,10-13,15H2,1-2H3,(H,24,27). The maximum Gasteiger partial charge on any atom is 0.253 e. The minimum Gasteiger partial charge on any atom is -0.353 e. The van der Waals surface area contributed by atoms with Gasteiger partial charge in [0.2, 0.25) is 5.91 Å². The minimum atomic E-state index is 0.0297. The number of hydrogen-bond acceptors (Lipinski definition) is 3. The fourth-order valence-electron chi connectivity index (χ4n) is 3.34. The SMILES string of the molecule is CC(C)NC(=O)CN1CCN(C(=O)c2cccc(-c3ccc(Cl)cc3)c2)CC1. The summed E-state index contributed by atoms with van der Waals surface area (Å²) in [6.45, 7) is 6.94. The number of piperazine rings is 1. The van der Waals surface area contributed by atoms with Gasteiger partial charge in [0.05, 0.1) is 6.54 Å². The van der Waals surface area contributed by atoms with Gasteiger partial charge in [-0.1, -0.05) is 35.9 Å². The minimum absolute atomic E-state index is 0.0297. The highest BCUT2D eigenvalue weighted by Crippen LogP contribution is 2.23. The zero-order chi connectivity index (χ0) is 20.1. The molecule has 3 rings (SSSR count). The molecule has 2 aromatic rings. The molecule has 1 aliphatic heterocycles. The lowest BCUT2D eigenvalue weighted by molar-refractivity contribution is -0.123. The summed E-state index contributed by atoms with van der Waals surface area (Å²) in [5.41, 5.74) is 2.70. The fourth-order valence-corrected chi connectivity index (χ4v) is 3.46. The second kappa shape index (κ2) is 9.22. The molecule has 0 atom stereocenters. The van der Waals surface area contributed by atoms with Gasteiger partial charge in [-0.15, -0.1) is 0 Å². The predicted octanol–water partition coefficient (Wildman–Crippen LogP) is 3.29. The molecule has 6 heteroatoms. The molecule has 0 aromatic heterocycles. The van der Waals surface area contributed by atoms with Crippen molar-refractivity contribution >= 4 is 23.4 Å². The van der Waals surface area contributed by atoms with Gasteiger partial charge >= 0.3 is 0 Å². The van der Waals surface area contributed by atoms with Crippen LogP contribution in [0.4, 0.5) is 0 Å². The van der Waals surface area contributed by atoms with Crippen LogP contribution in [0.5, 0.6) is 0 Å². The van der Waals surface area contributed by atoms with Crippen molar-refractivity contribution in [2.45, 2.75) is 19.9 Å². The first kappa shape index (κ1) is 20.4. The van der Waals surface area contributed by atoms with Crippen LogP contribution in [0.2, 0.25) is 5.02 Å². The normalized spacial score (nSPS) is 14.9. The number of halogens is 1. The molecular formula is C22H26ClN3O2. The second-order valence-corrected chi connectivity index (χ2v) is 7.81. The monoisotopic (exact) mass is 399 g/mol. The molecule has 1 N–H and O–H groups in total. The Morgan fingerprint density at radius 1 is 1.00 bits per heavy atom. The smallest absolute Gasteiger partial charge is 0.253 e. The maximum atomic E-state index is 12.9. The molecule has 28 heavy (non-hydrogen) atoms. The molecule has 1 fully saturated rings. The van der Waals surface area contributed by atoms with Crippen molar-refractivity contribution in [2.24, 2.45) is 0 Å². The number of nitrogens with one attached hydrogen (secondary N) is 1. The summed E-state index contributed by atoms with van der Waals surface area (Å²) >= 11 is 5.96. The van der Waals surface area contributed by atoms with Gasteiger partial charge in [0.25, 0.3) is 5.91 Å². The van der Waals surface area contributed by atoms with Crippen molar-refractivity contribution in [3.63, 3.8) is 0 Å². The van der Waals surface area contributed by atoms with Crippen LogP contribution in [0, 0.1) is 0 Å². The summed E-state index contributed by atoms with van der Waals surface area (Å²) < 4.78 is 0. The van der Waals surface area contributed by atoms with Gasteiger partial charge in [-0.05, 0) is 49.2 Å². The molecule has 0 saturated carbocycles. The summed E-state index contributed by atoms with van der Waals surface area (Å²) in [6.07, 6.45) is 0. The Kier molecular flexibility index (Phi) is 6.70. The van der Waals surface area contributed by atoms with E-state index in [2.05, 4.69) is 10.2 Å². The van der Waals surface area contributed by atoms with Crippen LogP contribution in [0.15, 0.2) is 48.5 Å². The van der Waals surface area contributed by atoms with E-state index in [1.54, 1.807) is 0 Å². The zero-order valence-electron chi connectivity index (χ0n) is 16.3. The van der Waals surface area contributed by atoms with E-state index in [-0.39, 0.29) is 17.9 Å². The van der Waals surface area contributed by atoms with Crippen LogP contribution >= 0.6 is 11.6 Å². The van der Waals surface area contributed by atoms with Crippen molar-refractivity contribution in [3.05, 3.63) is 59.1 Å². The molecule has 1 aliphatic rings. The van der Waals surface area contributed by atoms with Crippen LogP contribution < -0.4 is 5.32 Å². The molecule has 2 aromatic carbocycles. The Balaban J connectivity index is 1.60. The quantitative estimate of drug-likeness (QED) is 0.839. The lowest BCUT2D eigenvalue weighted by Gasteiger charge is -2.34. The molecule has 0 spiro atoms. The number of carbonyl (C=O) groups excluding carboxylic acids is 2. The van der Waals surface area contributed by atoms with Gasteiger partial charge in [-0.2, -0.15) is 0 Å². The zero-order valence-corrected chi connectivity index (χ0v) is 17.1. The van der Waals surface area contributed by atoms with Crippen molar-refractivity contribution in [1.29, 1.82) is 0 Å². The third kappa shape index (κ3) is 5.33. The molecule has 1 heterocycles. The number of nitrogens with zero attached hydrogens (tertiary/aromatic N) is 2. The Morgan fingerprint density at radius 3 is 2.32 bits per heavy atom. The van der Waals surface area contributed by atoms with Crippen LogP contribution in [0.1, 0.15) is 24.2 Å². The van der Waals surface area contributed by atoms with Crippen LogP contribution in [0.3, 0.4) is 0 Å². The molecule has 2 amide bonds. The highest BCUT2D eigenvalue weighted by molar-refractivity contribution is 6.30. The van der Waals surface area contributed by atoms with E-state index in [1.165, 1.54) is 0 Å². The van der Waals surface area contributed by atoms with Gasteiger partial charge in [-0.25, -0.2) is 0 Å². The Hall–Kier alpha value is -2.37. The van der Waals surface area contributed by atoms with E-state index in [4.69, 9.17) is 11.6 Å². The fraction of sp³-hybridized carbons (Fsp3) is 0.364. The molecule has 0 radical (unpaired) electrons. The maximum absolute atomic E-state index is 12.9. The van der Waals surface area contributed by atoms with Gasteiger partial charge in [0.1, 0.15) is 0 Å². The summed E-state index contributed by atoms with van der Waals surface area (Å²) in [4.78, 5) is 28.8. The molecule has 1 saturated heterocycles. The largest absolute Gasteiger partial charge is 0.353 e. The molecule has 0 bridgehead atoms. The Morgan fingerprint density at radius 2 is 1.68 bits per heavy atom. The Bertz CT molecular complexity index is 828. The van der Waals surface area contributed by atoms with E-state index in [1.807, 2.05) is 67.3 Å². The van der Waals surface area contributed by atoms with Crippen LogP contribution in [-0.4, -0.2) is 60.4 Å². The average Bonchev–Trinajstić information content (AvgIpc) is 2.68. The van der Waals surface area contributed by atoms with E-state index in [0.717, 1.165) is 11.1 Å². The molecule has 0 aliphatic carbocycles. The van der Waals surface area contributed by atoms with E-state index >= 15 is 0 Å². The number of hydrogen-bond donors (Lipinski definition) is 1. The van der Waals surface area contributed by atoms with Crippen molar-refractivity contribution in [3.8, 4) is 11.1 Å². The van der Waals surface area contributed by atoms with Crippen molar-refractivity contribution < 1.29 is 9.59 Å². The van der Waals surface area contributed by atoms with E-state index < -0.39 is 0 Å². The number of rotatable bonds is 5. The molecule has 0 unspecified atom stereocenters. The topological polar surface area (TPSA) is 52.7 Å². The van der Waals surface area contributed by atoms with E-state index in [0.29, 0.717) is 43.3 Å². The first-order valence-corrected chi connectivity index (χ1v) is 9.97. The third-order valence-electron chi connectivity index (χ3n) is 4.76. The van der Waals surface area contributed by atoms with Crippen LogP contribution in [-0.2, 0) is 4.79 Å². The van der Waals surface area contributed by atoms with E-state index in [9.17, 15) is 9.59 Å². The predicted molar refractivity (Wildman–Crippen MR) is 113 cm³/mol. The summed E-state index contributed by atoms with van der Waals surface area (Å²) in [5.74, 6) is 0.0625. The first-order valence-electron chi connectivity index (χ1n) is 9.59. The first-order chi connectivity index (χ1) is 13.4. The highest BCUT2D eigenvalue weighted by Gasteiger charge is 2.23. The number of carbonyl (C=O) groups is 2. The highest BCUT2D eigenvalue weighted by atomic mass is 35.5. The van der Waals surface area contributed by atoms with Crippen LogP contribution in [0.25, 0.3) is 11.1 Å². The molecular weight excluding hydrogens is 374 g/mol. The van der Waals surface area contributed by atoms with Crippen molar-refractivity contribution in [1.82, 2.24) is 15.1 Å². The Labute approximate surface area is 171 Å². The van der Waals surface area contributed by atoms with Crippen molar-refractivity contribution in [2.75, 3.05) is 32.7 Å². The average molecular weight is 400 g/mol. The van der Waals surface area contributed by atoms with Gasteiger partial charge in [-0.3, -0.25) is 14.5 Å².